The topological polar surface area (TPSA) is 86.3 Å². The second kappa shape index (κ2) is 5.20. The summed E-state index contributed by atoms with van der Waals surface area (Å²) in [5, 5.41) is 21.7. The second-order valence-electron chi connectivity index (χ2n) is 7.32. The van der Waals surface area contributed by atoms with Crippen molar-refractivity contribution in [2.24, 2.45) is 10.8 Å². The Hall–Kier alpha value is -1.20. The third kappa shape index (κ3) is 5.93. The van der Waals surface area contributed by atoms with E-state index in [0.717, 1.165) is 6.42 Å². The van der Waals surface area contributed by atoms with Gasteiger partial charge in [0.1, 0.15) is 0 Å². The maximum atomic E-state index is 11.1. The highest BCUT2D eigenvalue weighted by Crippen LogP contribution is 2.39. The van der Waals surface area contributed by atoms with Gasteiger partial charge in [-0.05, 0) is 17.3 Å². The monoisotopic (exact) mass is 260 g/mol. The molecule has 6 nitrogen and oxygen atoms in total. The van der Waals surface area contributed by atoms with Crippen LogP contribution in [0.15, 0.2) is 0 Å². The van der Waals surface area contributed by atoms with Gasteiger partial charge in [0.15, 0.2) is 0 Å². The van der Waals surface area contributed by atoms with E-state index in [1.807, 2.05) is 13.8 Å². The third-order valence-corrected chi connectivity index (χ3v) is 2.78. The fourth-order valence-electron chi connectivity index (χ4n) is 2.99. The minimum atomic E-state index is -1.50. The lowest BCUT2D eigenvalue weighted by atomic mass is 9.70. The van der Waals surface area contributed by atoms with Gasteiger partial charge in [-0.25, -0.2) is 0 Å². The maximum Gasteiger partial charge on any atom is 0.282 e. The number of hydrogen-bond acceptors (Lipinski definition) is 4. The lowest BCUT2D eigenvalue weighted by molar-refractivity contribution is -0.626. The smallest absolute Gasteiger partial charge is 0.264 e. The molecule has 0 amide bonds. The van der Waals surface area contributed by atoms with Crippen LogP contribution in [0.25, 0.3) is 0 Å². The first-order valence-corrected chi connectivity index (χ1v) is 6.04. The normalized spacial score (nSPS) is 16.1. The number of rotatable bonds is 6. The number of nitro groups is 2. The van der Waals surface area contributed by atoms with Crippen LogP contribution in [0.2, 0.25) is 0 Å². The van der Waals surface area contributed by atoms with E-state index in [4.69, 9.17) is 0 Å². The van der Waals surface area contributed by atoms with Gasteiger partial charge < -0.3 is 0 Å². The summed E-state index contributed by atoms with van der Waals surface area (Å²) < 4.78 is 0. The lowest BCUT2D eigenvalue weighted by Crippen LogP contribution is -2.46. The van der Waals surface area contributed by atoms with Crippen molar-refractivity contribution in [1.82, 2.24) is 0 Å². The Morgan fingerprint density at radius 3 is 1.61 bits per heavy atom. The van der Waals surface area contributed by atoms with E-state index >= 15 is 0 Å². The molecule has 0 radical (unpaired) electrons. The van der Waals surface area contributed by atoms with Crippen molar-refractivity contribution < 1.29 is 9.85 Å². The van der Waals surface area contributed by atoms with Crippen molar-refractivity contribution in [2.45, 2.75) is 59.9 Å². The van der Waals surface area contributed by atoms with E-state index in [1.54, 1.807) is 0 Å². The van der Waals surface area contributed by atoms with Crippen LogP contribution in [0.4, 0.5) is 0 Å². The van der Waals surface area contributed by atoms with E-state index < -0.39 is 21.9 Å². The molecule has 106 valence electrons. The molecule has 6 heteroatoms. The predicted molar refractivity (Wildman–Crippen MR) is 69.7 cm³/mol. The largest absolute Gasteiger partial charge is 0.282 e. The highest BCUT2D eigenvalue weighted by molar-refractivity contribution is 4.85. The molecule has 0 heterocycles. The summed E-state index contributed by atoms with van der Waals surface area (Å²) in [5.74, 6) is 0. The standard InChI is InChI=1S/C12H24N2O4/c1-10(2,3)7-11(4,5)8-12(6,14(17)18)9-13(15)16/h7-9H2,1-6H3. The van der Waals surface area contributed by atoms with Crippen molar-refractivity contribution in [3.63, 3.8) is 0 Å². The van der Waals surface area contributed by atoms with Gasteiger partial charge in [-0.3, -0.25) is 20.2 Å². The van der Waals surface area contributed by atoms with E-state index in [1.165, 1.54) is 6.92 Å². The van der Waals surface area contributed by atoms with E-state index in [2.05, 4.69) is 20.8 Å². The van der Waals surface area contributed by atoms with Crippen molar-refractivity contribution in [1.29, 1.82) is 0 Å². The van der Waals surface area contributed by atoms with Crippen molar-refractivity contribution in [2.75, 3.05) is 6.54 Å². The summed E-state index contributed by atoms with van der Waals surface area (Å²) in [5.41, 5.74) is -1.77. The molecule has 1 atom stereocenters. The molecule has 0 fully saturated rings. The van der Waals surface area contributed by atoms with Crippen LogP contribution in [-0.4, -0.2) is 21.9 Å². The third-order valence-electron chi connectivity index (χ3n) is 2.78. The molecule has 0 aromatic rings. The molecule has 0 saturated carbocycles. The fourth-order valence-corrected chi connectivity index (χ4v) is 2.99. The van der Waals surface area contributed by atoms with Crippen LogP contribution in [0.1, 0.15) is 54.4 Å². The summed E-state index contributed by atoms with van der Waals surface area (Å²) in [6.07, 6.45) is 0.979. The Morgan fingerprint density at radius 2 is 1.33 bits per heavy atom. The zero-order valence-corrected chi connectivity index (χ0v) is 12.1. The Balaban J connectivity index is 4.99. The van der Waals surface area contributed by atoms with Crippen LogP contribution in [-0.2, 0) is 0 Å². The number of nitrogens with zero attached hydrogens (tertiary/aromatic N) is 2. The molecule has 1 unspecified atom stereocenters. The molecule has 0 aromatic carbocycles. The van der Waals surface area contributed by atoms with Gasteiger partial charge in [0.05, 0.1) is 0 Å². The zero-order valence-electron chi connectivity index (χ0n) is 12.1. The average molecular weight is 260 g/mol. The van der Waals surface area contributed by atoms with Crippen LogP contribution >= 0.6 is 0 Å². The summed E-state index contributed by atoms with van der Waals surface area (Å²) in [6, 6.07) is 0. The van der Waals surface area contributed by atoms with Gasteiger partial charge in [-0.2, -0.15) is 0 Å². The molecule has 0 N–H and O–H groups in total. The van der Waals surface area contributed by atoms with E-state index in [0.29, 0.717) is 0 Å². The molecule has 0 bridgehead atoms. The Bertz CT molecular complexity index is 333. The highest BCUT2D eigenvalue weighted by atomic mass is 16.6. The van der Waals surface area contributed by atoms with Crippen molar-refractivity contribution in [3.8, 4) is 0 Å². The van der Waals surface area contributed by atoms with Gasteiger partial charge in [0.25, 0.3) is 12.1 Å². The van der Waals surface area contributed by atoms with Gasteiger partial charge >= 0.3 is 0 Å². The van der Waals surface area contributed by atoms with Crippen LogP contribution in [0.3, 0.4) is 0 Å². The second-order valence-corrected chi connectivity index (χ2v) is 7.32. The highest BCUT2D eigenvalue weighted by Gasteiger charge is 2.47. The minimum absolute atomic E-state index is 0.0373. The van der Waals surface area contributed by atoms with Crippen LogP contribution in [0.5, 0.6) is 0 Å². The zero-order chi connectivity index (χ0) is 14.8. The fraction of sp³-hybridized carbons (Fsp3) is 1.00. The molecule has 0 spiro atoms. The molecule has 0 aromatic heterocycles. The summed E-state index contributed by atoms with van der Waals surface area (Å²) in [7, 11) is 0. The van der Waals surface area contributed by atoms with E-state index in [9.17, 15) is 20.2 Å². The van der Waals surface area contributed by atoms with Gasteiger partial charge in [-0.1, -0.05) is 34.6 Å². The van der Waals surface area contributed by atoms with Crippen LogP contribution in [0, 0.1) is 31.1 Å². The maximum absolute atomic E-state index is 11.1. The molecular weight excluding hydrogens is 236 g/mol. The quantitative estimate of drug-likeness (QED) is 0.542. The Kier molecular flexibility index (Phi) is 4.85. The molecule has 0 aliphatic rings. The molecule has 0 rings (SSSR count). The molecule has 0 aliphatic heterocycles. The Morgan fingerprint density at radius 1 is 0.889 bits per heavy atom. The van der Waals surface area contributed by atoms with Gasteiger partial charge in [0, 0.05) is 23.2 Å². The first-order chi connectivity index (χ1) is 7.77. The lowest BCUT2D eigenvalue weighted by Gasteiger charge is -2.35. The molecule has 18 heavy (non-hydrogen) atoms. The van der Waals surface area contributed by atoms with E-state index in [-0.39, 0.29) is 17.3 Å². The van der Waals surface area contributed by atoms with Crippen molar-refractivity contribution in [3.05, 3.63) is 20.2 Å². The number of hydrogen-bond donors (Lipinski definition) is 0. The van der Waals surface area contributed by atoms with Gasteiger partial charge in [-0.15, -0.1) is 0 Å². The summed E-state index contributed by atoms with van der Waals surface area (Å²) in [4.78, 5) is 20.6. The minimum Gasteiger partial charge on any atom is -0.264 e. The van der Waals surface area contributed by atoms with Gasteiger partial charge in [0.2, 0.25) is 0 Å². The molecule has 0 saturated heterocycles. The first-order valence-electron chi connectivity index (χ1n) is 6.04. The summed E-state index contributed by atoms with van der Waals surface area (Å²) in [6.45, 7) is 10.8. The van der Waals surface area contributed by atoms with Crippen LogP contribution < -0.4 is 0 Å². The first kappa shape index (κ1) is 16.8. The Labute approximate surface area is 108 Å². The predicted octanol–water partition coefficient (Wildman–Crippen LogP) is 3.15. The molecule has 0 aliphatic carbocycles. The van der Waals surface area contributed by atoms with Crippen molar-refractivity contribution >= 4 is 0 Å². The average Bonchev–Trinajstić information content (AvgIpc) is 1.93. The SMILES string of the molecule is CC(C)(C)CC(C)(C)CC(C)(C[N+](=O)[O-])[N+](=O)[O-]. The molecular formula is C12H24N2O4. The summed E-state index contributed by atoms with van der Waals surface area (Å²) >= 11 is 0.